The number of hydrogen-bond donors (Lipinski definition) is 2. The molecule has 0 aromatic carbocycles. The van der Waals surface area contributed by atoms with E-state index in [0.717, 1.165) is 24.4 Å². The molecule has 21 heavy (non-hydrogen) atoms. The van der Waals surface area contributed by atoms with Crippen LogP contribution >= 0.6 is 11.3 Å². The summed E-state index contributed by atoms with van der Waals surface area (Å²) in [7, 11) is -3.39. The van der Waals surface area contributed by atoms with Crippen LogP contribution in [0.2, 0.25) is 0 Å². The Morgan fingerprint density at radius 3 is 2.57 bits per heavy atom. The molecule has 0 amide bonds. The molecule has 6 heteroatoms. The number of nitrogens with one attached hydrogen (secondary N) is 2. The van der Waals surface area contributed by atoms with Gasteiger partial charge >= 0.3 is 0 Å². The van der Waals surface area contributed by atoms with Crippen molar-refractivity contribution >= 4 is 21.4 Å². The Labute approximate surface area is 133 Å². The summed E-state index contributed by atoms with van der Waals surface area (Å²) >= 11 is 1.48. The fourth-order valence-corrected chi connectivity index (χ4v) is 3.98. The molecule has 0 bridgehead atoms. The molecule has 122 valence electrons. The molecule has 1 aromatic heterocycles. The molecule has 1 rings (SSSR count). The molecule has 0 aliphatic carbocycles. The highest BCUT2D eigenvalue weighted by molar-refractivity contribution is 7.89. The van der Waals surface area contributed by atoms with E-state index in [0.29, 0.717) is 11.4 Å². The van der Waals surface area contributed by atoms with Gasteiger partial charge in [0.05, 0.1) is 4.90 Å². The van der Waals surface area contributed by atoms with Gasteiger partial charge in [-0.3, -0.25) is 0 Å². The minimum Gasteiger partial charge on any atom is -0.312 e. The lowest BCUT2D eigenvalue weighted by Gasteiger charge is -2.27. The second-order valence-electron chi connectivity index (χ2n) is 6.54. The minimum absolute atomic E-state index is 0.0897. The summed E-state index contributed by atoms with van der Waals surface area (Å²) in [5.74, 6) is 0.275. The number of thiophene rings is 1. The SMILES string of the molecule is CCCNCc1cc(S(=O)(=O)NCC(C)C(C)(C)C)cs1. The molecule has 0 saturated heterocycles. The molecule has 1 atom stereocenters. The van der Waals surface area contributed by atoms with Crippen molar-refractivity contribution in [2.45, 2.75) is 52.5 Å². The highest BCUT2D eigenvalue weighted by atomic mass is 32.2. The Bertz CT molecular complexity index is 530. The summed E-state index contributed by atoms with van der Waals surface area (Å²) in [4.78, 5) is 1.43. The van der Waals surface area contributed by atoms with Crippen molar-refractivity contribution in [2.24, 2.45) is 11.3 Å². The fourth-order valence-electron chi connectivity index (χ4n) is 1.61. The van der Waals surface area contributed by atoms with Gasteiger partial charge in [-0.15, -0.1) is 11.3 Å². The van der Waals surface area contributed by atoms with E-state index in [1.165, 1.54) is 11.3 Å². The van der Waals surface area contributed by atoms with Crippen LogP contribution in [0.15, 0.2) is 16.3 Å². The lowest BCUT2D eigenvalue weighted by molar-refractivity contribution is 0.263. The Kier molecular flexibility index (Phi) is 6.84. The van der Waals surface area contributed by atoms with Crippen molar-refractivity contribution in [3.05, 3.63) is 16.3 Å². The summed E-state index contributed by atoms with van der Waals surface area (Å²) in [6.45, 7) is 12.7. The first-order valence-electron chi connectivity index (χ1n) is 7.44. The van der Waals surface area contributed by atoms with Crippen LogP contribution in [0.25, 0.3) is 0 Å². The van der Waals surface area contributed by atoms with Crippen LogP contribution in [0, 0.1) is 11.3 Å². The summed E-state index contributed by atoms with van der Waals surface area (Å²) in [6.07, 6.45) is 1.07. The molecule has 0 spiro atoms. The zero-order chi connectivity index (χ0) is 16.1. The molecule has 2 N–H and O–H groups in total. The van der Waals surface area contributed by atoms with E-state index < -0.39 is 10.0 Å². The largest absolute Gasteiger partial charge is 0.312 e. The molecule has 0 aliphatic heterocycles. The molecule has 1 unspecified atom stereocenters. The third-order valence-electron chi connectivity index (χ3n) is 3.72. The van der Waals surface area contributed by atoms with Gasteiger partial charge in [-0.2, -0.15) is 0 Å². The van der Waals surface area contributed by atoms with Gasteiger partial charge in [-0.25, -0.2) is 13.1 Å². The first-order valence-corrected chi connectivity index (χ1v) is 9.81. The van der Waals surface area contributed by atoms with E-state index in [1.807, 2.05) is 0 Å². The van der Waals surface area contributed by atoms with Crippen LogP contribution in [-0.2, 0) is 16.6 Å². The van der Waals surface area contributed by atoms with Gasteiger partial charge in [0, 0.05) is 23.3 Å². The maximum absolute atomic E-state index is 12.3. The van der Waals surface area contributed by atoms with Gasteiger partial charge in [0.25, 0.3) is 0 Å². The molecular formula is C15H28N2O2S2. The molecule has 0 aliphatic rings. The molecule has 0 saturated carbocycles. The number of sulfonamides is 1. The molecule has 0 radical (unpaired) electrons. The standard InChI is InChI=1S/C15H28N2O2S2/c1-6-7-16-10-13-8-14(11-20-13)21(18,19)17-9-12(2)15(3,4)5/h8,11-12,16-17H,6-7,9-10H2,1-5H3. The third-order valence-corrected chi connectivity index (χ3v) is 6.21. The Balaban J connectivity index is 2.62. The van der Waals surface area contributed by atoms with Crippen LogP contribution in [0.4, 0.5) is 0 Å². The molecule has 1 aromatic rings. The predicted molar refractivity (Wildman–Crippen MR) is 90.1 cm³/mol. The van der Waals surface area contributed by atoms with E-state index >= 15 is 0 Å². The highest BCUT2D eigenvalue weighted by Crippen LogP contribution is 2.25. The Morgan fingerprint density at radius 1 is 1.33 bits per heavy atom. The van der Waals surface area contributed by atoms with E-state index in [-0.39, 0.29) is 11.3 Å². The second kappa shape index (κ2) is 7.72. The van der Waals surface area contributed by atoms with Gasteiger partial charge in [0.2, 0.25) is 10.0 Å². The highest BCUT2D eigenvalue weighted by Gasteiger charge is 2.23. The van der Waals surface area contributed by atoms with Crippen molar-refractivity contribution in [1.29, 1.82) is 0 Å². The van der Waals surface area contributed by atoms with Gasteiger partial charge < -0.3 is 5.32 Å². The van der Waals surface area contributed by atoms with Crippen molar-refractivity contribution in [1.82, 2.24) is 10.0 Å². The summed E-state index contributed by atoms with van der Waals surface area (Å²) in [5.41, 5.74) is 0.0897. The zero-order valence-corrected chi connectivity index (χ0v) is 15.3. The zero-order valence-electron chi connectivity index (χ0n) is 13.7. The van der Waals surface area contributed by atoms with Crippen molar-refractivity contribution < 1.29 is 8.42 Å². The first kappa shape index (κ1) is 18.6. The van der Waals surface area contributed by atoms with E-state index in [1.54, 1.807) is 11.4 Å². The van der Waals surface area contributed by atoms with Gasteiger partial charge in [-0.1, -0.05) is 34.6 Å². The van der Waals surface area contributed by atoms with Crippen LogP contribution in [0.1, 0.15) is 45.9 Å². The average Bonchev–Trinajstić information content (AvgIpc) is 2.85. The Hall–Kier alpha value is -0.430. The summed E-state index contributed by atoms with van der Waals surface area (Å²) in [5, 5.41) is 5.00. The maximum atomic E-state index is 12.3. The van der Waals surface area contributed by atoms with Crippen LogP contribution in [0.3, 0.4) is 0 Å². The summed E-state index contributed by atoms with van der Waals surface area (Å²) < 4.78 is 27.3. The van der Waals surface area contributed by atoms with Crippen molar-refractivity contribution in [3.8, 4) is 0 Å². The van der Waals surface area contributed by atoms with Crippen LogP contribution < -0.4 is 10.0 Å². The Morgan fingerprint density at radius 2 is 2.00 bits per heavy atom. The third kappa shape index (κ3) is 6.06. The molecular weight excluding hydrogens is 304 g/mol. The topological polar surface area (TPSA) is 58.2 Å². The van der Waals surface area contributed by atoms with Crippen LogP contribution in [-0.4, -0.2) is 21.5 Å². The molecule has 1 heterocycles. The van der Waals surface area contributed by atoms with E-state index in [9.17, 15) is 8.42 Å². The number of rotatable bonds is 8. The van der Waals surface area contributed by atoms with Crippen LogP contribution in [0.5, 0.6) is 0 Å². The van der Waals surface area contributed by atoms with Gasteiger partial charge in [0.1, 0.15) is 0 Å². The lowest BCUT2D eigenvalue weighted by atomic mass is 9.82. The fraction of sp³-hybridized carbons (Fsp3) is 0.733. The van der Waals surface area contributed by atoms with E-state index in [4.69, 9.17) is 0 Å². The first-order chi connectivity index (χ1) is 9.66. The lowest BCUT2D eigenvalue weighted by Crippen LogP contribution is -2.33. The van der Waals surface area contributed by atoms with E-state index in [2.05, 4.69) is 44.7 Å². The van der Waals surface area contributed by atoms with Crippen molar-refractivity contribution in [2.75, 3.05) is 13.1 Å². The molecule has 4 nitrogen and oxygen atoms in total. The second-order valence-corrected chi connectivity index (χ2v) is 9.31. The number of hydrogen-bond acceptors (Lipinski definition) is 4. The van der Waals surface area contributed by atoms with Crippen molar-refractivity contribution in [3.63, 3.8) is 0 Å². The summed E-state index contributed by atoms with van der Waals surface area (Å²) in [6, 6.07) is 1.76. The normalized spacial score (nSPS) is 14.3. The predicted octanol–water partition coefficient (Wildman–Crippen LogP) is 3.21. The van der Waals surface area contributed by atoms with Gasteiger partial charge in [-0.05, 0) is 30.4 Å². The molecule has 0 fully saturated rings. The minimum atomic E-state index is -3.39. The van der Waals surface area contributed by atoms with Gasteiger partial charge in [0.15, 0.2) is 0 Å². The average molecular weight is 333 g/mol. The quantitative estimate of drug-likeness (QED) is 0.719. The monoisotopic (exact) mass is 332 g/mol. The maximum Gasteiger partial charge on any atom is 0.241 e. The smallest absolute Gasteiger partial charge is 0.241 e.